The highest BCUT2D eigenvalue weighted by Crippen LogP contribution is 2.29. The van der Waals surface area contributed by atoms with Gasteiger partial charge >= 0.3 is 0 Å². The number of benzene rings is 2. The fourth-order valence-electron chi connectivity index (χ4n) is 4.48. The number of carbonyl (C=O) groups is 1. The van der Waals surface area contributed by atoms with Crippen LogP contribution < -0.4 is 4.90 Å². The van der Waals surface area contributed by atoms with E-state index in [-0.39, 0.29) is 10.8 Å². The second-order valence-electron chi connectivity index (χ2n) is 8.59. The first-order valence-corrected chi connectivity index (χ1v) is 13.8. The lowest BCUT2D eigenvalue weighted by molar-refractivity contribution is 0.0746. The van der Waals surface area contributed by atoms with E-state index in [9.17, 15) is 13.2 Å². The van der Waals surface area contributed by atoms with Gasteiger partial charge in [0.05, 0.1) is 15.1 Å². The molecule has 0 saturated carbocycles. The molecule has 2 aliphatic rings. The molecule has 2 aromatic carbocycles. The van der Waals surface area contributed by atoms with Crippen LogP contribution in [0.4, 0.5) is 5.13 Å². The molecule has 0 radical (unpaired) electrons. The van der Waals surface area contributed by atoms with E-state index in [0.29, 0.717) is 31.7 Å². The Kier molecular flexibility index (Phi) is 6.36. The Bertz CT molecular complexity index is 1190. The summed E-state index contributed by atoms with van der Waals surface area (Å²) in [5.41, 5.74) is 1.53. The van der Waals surface area contributed by atoms with Crippen LogP contribution in [0.15, 0.2) is 53.4 Å². The van der Waals surface area contributed by atoms with Crippen LogP contribution in [0.2, 0.25) is 0 Å². The number of anilines is 1. The van der Waals surface area contributed by atoms with Crippen LogP contribution in [-0.4, -0.2) is 67.8 Å². The quantitative estimate of drug-likeness (QED) is 0.563. The third kappa shape index (κ3) is 4.62. The summed E-state index contributed by atoms with van der Waals surface area (Å²) < 4.78 is 28.7. The number of rotatable bonds is 4. The van der Waals surface area contributed by atoms with Gasteiger partial charge in [-0.3, -0.25) is 4.79 Å². The van der Waals surface area contributed by atoms with Crippen LogP contribution in [0, 0.1) is 0 Å². The number of fused-ring (bicyclic) bond motifs is 1. The van der Waals surface area contributed by atoms with Crippen LogP contribution in [0.3, 0.4) is 0 Å². The molecule has 0 unspecified atom stereocenters. The largest absolute Gasteiger partial charge is 0.345 e. The molecule has 0 atom stereocenters. The summed E-state index contributed by atoms with van der Waals surface area (Å²) in [5.74, 6) is -0.0577. The second kappa shape index (κ2) is 9.40. The van der Waals surface area contributed by atoms with Crippen molar-refractivity contribution in [1.82, 2.24) is 14.2 Å². The molecule has 7 nitrogen and oxygen atoms in total. The molecule has 1 amide bonds. The van der Waals surface area contributed by atoms with Gasteiger partial charge < -0.3 is 9.80 Å². The molecule has 2 saturated heterocycles. The van der Waals surface area contributed by atoms with Crippen LogP contribution in [0.25, 0.3) is 10.2 Å². The Morgan fingerprint density at radius 1 is 0.818 bits per heavy atom. The molecule has 0 bridgehead atoms. The molecule has 0 spiro atoms. The lowest BCUT2D eigenvalue weighted by Gasteiger charge is -2.34. The van der Waals surface area contributed by atoms with E-state index in [1.165, 1.54) is 4.70 Å². The molecule has 2 aliphatic heterocycles. The molecule has 0 aliphatic carbocycles. The Hall–Kier alpha value is -2.49. The van der Waals surface area contributed by atoms with Crippen molar-refractivity contribution >= 4 is 42.6 Å². The van der Waals surface area contributed by atoms with E-state index in [1.54, 1.807) is 39.9 Å². The summed E-state index contributed by atoms with van der Waals surface area (Å²) in [5, 5.41) is 0.992. The molecule has 174 valence electrons. The third-order valence-electron chi connectivity index (χ3n) is 6.42. The van der Waals surface area contributed by atoms with Gasteiger partial charge in [0.1, 0.15) is 0 Å². The van der Waals surface area contributed by atoms with Crippen LogP contribution in [0.5, 0.6) is 0 Å². The Morgan fingerprint density at radius 3 is 2.15 bits per heavy atom. The van der Waals surface area contributed by atoms with E-state index >= 15 is 0 Å². The molecular weight excluding hydrogens is 456 g/mol. The standard InChI is InChI=1S/C24H28N4O3S2/c29-23(19-9-11-20(12-10-19)33(30,31)28-13-5-1-2-6-14-28)26-15-17-27(18-16-26)24-25-21-7-3-4-8-22(21)32-24/h3-4,7-12H,1-2,5-6,13-18H2. The summed E-state index contributed by atoms with van der Waals surface area (Å²) >= 11 is 1.68. The van der Waals surface area contributed by atoms with Crippen LogP contribution in [-0.2, 0) is 10.0 Å². The molecule has 3 aromatic rings. The number of carbonyl (C=O) groups excluding carboxylic acids is 1. The maximum atomic E-state index is 13.0. The number of amides is 1. The predicted molar refractivity (Wildman–Crippen MR) is 131 cm³/mol. The minimum Gasteiger partial charge on any atom is -0.345 e. The number of hydrogen-bond donors (Lipinski definition) is 0. The van der Waals surface area contributed by atoms with Gasteiger partial charge in [-0.05, 0) is 49.2 Å². The summed E-state index contributed by atoms with van der Waals surface area (Å²) in [7, 11) is -3.51. The van der Waals surface area contributed by atoms with Crippen molar-refractivity contribution < 1.29 is 13.2 Å². The average Bonchev–Trinajstić information content (AvgIpc) is 3.09. The third-order valence-corrected chi connectivity index (χ3v) is 9.43. The highest BCUT2D eigenvalue weighted by atomic mass is 32.2. The molecule has 33 heavy (non-hydrogen) atoms. The second-order valence-corrected chi connectivity index (χ2v) is 11.5. The van der Waals surface area contributed by atoms with Gasteiger partial charge in [0.2, 0.25) is 10.0 Å². The zero-order chi connectivity index (χ0) is 22.8. The molecule has 1 aromatic heterocycles. The van der Waals surface area contributed by atoms with Crippen LogP contribution in [0.1, 0.15) is 36.0 Å². The number of hydrogen-bond acceptors (Lipinski definition) is 6. The highest BCUT2D eigenvalue weighted by Gasteiger charge is 2.27. The number of para-hydroxylation sites is 1. The topological polar surface area (TPSA) is 73.8 Å². The fraction of sp³-hybridized carbons (Fsp3) is 0.417. The number of nitrogens with zero attached hydrogens (tertiary/aromatic N) is 4. The monoisotopic (exact) mass is 484 g/mol. The minimum atomic E-state index is -3.51. The summed E-state index contributed by atoms with van der Waals surface area (Å²) in [6, 6.07) is 14.5. The summed E-state index contributed by atoms with van der Waals surface area (Å²) in [4.78, 5) is 22.1. The van der Waals surface area contributed by atoms with E-state index in [4.69, 9.17) is 4.98 Å². The van der Waals surface area contributed by atoms with E-state index in [1.807, 2.05) is 23.1 Å². The lowest BCUT2D eigenvalue weighted by Crippen LogP contribution is -2.48. The SMILES string of the molecule is O=C(c1ccc(S(=O)(=O)N2CCCCCC2)cc1)N1CCN(c2nc3ccccc3s2)CC1. The highest BCUT2D eigenvalue weighted by molar-refractivity contribution is 7.89. The Balaban J connectivity index is 1.23. The minimum absolute atomic E-state index is 0.0577. The van der Waals surface area contributed by atoms with Gasteiger partial charge in [-0.2, -0.15) is 4.31 Å². The first-order chi connectivity index (χ1) is 16.0. The average molecular weight is 485 g/mol. The van der Waals surface area contributed by atoms with Gasteiger partial charge in [0.25, 0.3) is 5.91 Å². The van der Waals surface area contributed by atoms with Crippen molar-refractivity contribution in [1.29, 1.82) is 0 Å². The molecule has 2 fully saturated rings. The van der Waals surface area contributed by atoms with Crippen molar-refractivity contribution in [3.63, 3.8) is 0 Å². The zero-order valence-electron chi connectivity index (χ0n) is 18.5. The van der Waals surface area contributed by atoms with Crippen molar-refractivity contribution in [3.8, 4) is 0 Å². The van der Waals surface area contributed by atoms with Gasteiger partial charge in [-0.15, -0.1) is 0 Å². The molecule has 9 heteroatoms. The Morgan fingerprint density at radius 2 is 1.48 bits per heavy atom. The molecule has 3 heterocycles. The van der Waals surface area contributed by atoms with Crippen molar-refractivity contribution in [2.75, 3.05) is 44.2 Å². The smallest absolute Gasteiger partial charge is 0.253 e. The van der Waals surface area contributed by atoms with Crippen molar-refractivity contribution in [3.05, 3.63) is 54.1 Å². The molecule has 0 N–H and O–H groups in total. The van der Waals surface area contributed by atoms with E-state index in [2.05, 4.69) is 11.0 Å². The van der Waals surface area contributed by atoms with Crippen LogP contribution >= 0.6 is 11.3 Å². The van der Waals surface area contributed by atoms with Gasteiger partial charge in [-0.25, -0.2) is 13.4 Å². The number of piperazine rings is 1. The number of sulfonamides is 1. The summed E-state index contributed by atoms with van der Waals surface area (Å²) in [6.45, 7) is 3.83. The first kappa shape index (κ1) is 22.3. The van der Waals surface area contributed by atoms with E-state index < -0.39 is 10.0 Å². The Labute approximate surface area is 198 Å². The first-order valence-electron chi connectivity index (χ1n) is 11.5. The fourth-order valence-corrected chi connectivity index (χ4v) is 7.01. The predicted octanol–water partition coefficient (Wildman–Crippen LogP) is 3.82. The summed E-state index contributed by atoms with van der Waals surface area (Å²) in [6.07, 6.45) is 3.95. The maximum absolute atomic E-state index is 13.0. The van der Waals surface area contributed by atoms with Gasteiger partial charge in [0.15, 0.2) is 5.13 Å². The normalized spacial score (nSPS) is 18.4. The number of aromatic nitrogens is 1. The maximum Gasteiger partial charge on any atom is 0.253 e. The number of thiazole rings is 1. The van der Waals surface area contributed by atoms with Crippen molar-refractivity contribution in [2.24, 2.45) is 0 Å². The zero-order valence-corrected chi connectivity index (χ0v) is 20.2. The van der Waals surface area contributed by atoms with Gasteiger partial charge in [0, 0.05) is 44.8 Å². The van der Waals surface area contributed by atoms with E-state index in [0.717, 1.165) is 49.4 Å². The lowest BCUT2D eigenvalue weighted by atomic mass is 10.2. The van der Waals surface area contributed by atoms with Crippen molar-refractivity contribution in [2.45, 2.75) is 30.6 Å². The molecule has 5 rings (SSSR count). The molecular formula is C24H28N4O3S2. The van der Waals surface area contributed by atoms with Gasteiger partial charge in [-0.1, -0.05) is 36.3 Å².